The molecule has 0 fully saturated rings. The molecule has 0 aromatic heterocycles. The Hall–Kier alpha value is -1.38. The molecule has 8 nitrogen and oxygen atoms in total. The molecule has 0 saturated carbocycles. The van der Waals surface area contributed by atoms with Crippen molar-refractivity contribution in [1.82, 2.24) is 5.32 Å². The summed E-state index contributed by atoms with van der Waals surface area (Å²) >= 11 is 0. The lowest BCUT2D eigenvalue weighted by molar-refractivity contribution is -0.139. The molecule has 0 aliphatic heterocycles. The third kappa shape index (κ3) is 21.6. The number of hydrogen-bond donors (Lipinski definition) is 5. The maximum atomic E-state index is 11.3. The lowest BCUT2D eigenvalue weighted by Crippen LogP contribution is -2.42. The van der Waals surface area contributed by atoms with Gasteiger partial charge in [-0.3, -0.25) is 9.79 Å². The molecular formula is C23H48N4O4. The second-order valence-corrected chi connectivity index (χ2v) is 8.37. The fraction of sp³-hybridized carbons (Fsp3) is 0.913. The minimum atomic E-state index is -0.950. The molecule has 0 bridgehead atoms. The standard InChI is InChI=1S/C23H48N4O4/c1-2-3-4-5-6-7-8-9-10-11-12-13-17-31-19-20(28)18-27-21(22(29)30)15-14-16-26-23(24)25/h20-21,27-28H,2-19H2,1H3,(H,29,30)(H4,24,25,26)/t20?,21-/m0/s1. The molecule has 0 radical (unpaired) electrons. The molecule has 0 heterocycles. The number of aliphatic carboxylic acids is 1. The van der Waals surface area contributed by atoms with Gasteiger partial charge in [-0.25, -0.2) is 0 Å². The van der Waals surface area contributed by atoms with Gasteiger partial charge in [0.1, 0.15) is 6.04 Å². The van der Waals surface area contributed by atoms with E-state index in [2.05, 4.69) is 17.2 Å². The van der Waals surface area contributed by atoms with Gasteiger partial charge in [-0.2, -0.15) is 0 Å². The highest BCUT2D eigenvalue weighted by Gasteiger charge is 2.17. The predicted octanol–water partition coefficient (Wildman–Crippen LogP) is 3.16. The minimum absolute atomic E-state index is 0.000529. The molecule has 0 aromatic carbocycles. The molecule has 0 aromatic rings. The highest BCUT2D eigenvalue weighted by atomic mass is 16.5. The van der Waals surface area contributed by atoms with E-state index >= 15 is 0 Å². The molecule has 184 valence electrons. The van der Waals surface area contributed by atoms with E-state index in [1.807, 2.05) is 0 Å². The molecule has 0 aliphatic rings. The fourth-order valence-electron chi connectivity index (χ4n) is 3.42. The molecule has 7 N–H and O–H groups in total. The average molecular weight is 445 g/mol. The first kappa shape index (κ1) is 29.6. The molecule has 0 rings (SSSR count). The van der Waals surface area contributed by atoms with Crippen LogP contribution in [0, 0.1) is 0 Å². The quantitative estimate of drug-likeness (QED) is 0.0925. The number of hydrogen-bond acceptors (Lipinski definition) is 5. The van der Waals surface area contributed by atoms with E-state index in [9.17, 15) is 15.0 Å². The van der Waals surface area contributed by atoms with Crippen molar-refractivity contribution in [3.63, 3.8) is 0 Å². The number of nitrogens with zero attached hydrogens (tertiary/aromatic N) is 1. The van der Waals surface area contributed by atoms with E-state index in [1.165, 1.54) is 64.2 Å². The van der Waals surface area contributed by atoms with Gasteiger partial charge in [0, 0.05) is 19.7 Å². The second-order valence-electron chi connectivity index (χ2n) is 8.37. The zero-order chi connectivity index (χ0) is 23.2. The van der Waals surface area contributed by atoms with Crippen LogP contribution >= 0.6 is 0 Å². The number of carboxylic acid groups (broad SMARTS) is 1. The second kappa shape index (κ2) is 21.8. The maximum Gasteiger partial charge on any atom is 0.320 e. The van der Waals surface area contributed by atoms with Crippen molar-refractivity contribution in [1.29, 1.82) is 0 Å². The molecule has 31 heavy (non-hydrogen) atoms. The Bertz CT molecular complexity index is 445. The molecule has 1 unspecified atom stereocenters. The van der Waals surface area contributed by atoms with Crippen molar-refractivity contribution >= 4 is 11.9 Å². The first-order valence-electron chi connectivity index (χ1n) is 12.2. The van der Waals surface area contributed by atoms with Crippen LogP contribution in [0.1, 0.15) is 96.8 Å². The summed E-state index contributed by atoms with van der Waals surface area (Å²) in [5.41, 5.74) is 10.5. The van der Waals surface area contributed by atoms with Gasteiger partial charge in [0.25, 0.3) is 0 Å². The topological polar surface area (TPSA) is 143 Å². The van der Waals surface area contributed by atoms with Gasteiger partial charge in [0.15, 0.2) is 5.96 Å². The molecule has 0 spiro atoms. The number of nitrogens with one attached hydrogen (secondary N) is 1. The average Bonchev–Trinajstić information content (AvgIpc) is 2.72. The lowest BCUT2D eigenvalue weighted by atomic mass is 10.1. The van der Waals surface area contributed by atoms with Crippen molar-refractivity contribution in [3.8, 4) is 0 Å². The normalized spacial score (nSPS) is 13.1. The summed E-state index contributed by atoms with van der Waals surface area (Å²) in [6, 6.07) is -0.736. The number of aliphatic imine (C=N–C) groups is 1. The summed E-state index contributed by atoms with van der Waals surface area (Å²) < 4.78 is 5.52. The Morgan fingerprint density at radius 3 is 2.00 bits per heavy atom. The third-order valence-corrected chi connectivity index (χ3v) is 5.30. The Labute approximate surface area is 189 Å². The largest absolute Gasteiger partial charge is 0.480 e. The minimum Gasteiger partial charge on any atom is -0.480 e. The van der Waals surface area contributed by atoms with Crippen molar-refractivity contribution < 1.29 is 19.7 Å². The Morgan fingerprint density at radius 2 is 1.48 bits per heavy atom. The van der Waals surface area contributed by atoms with E-state index in [-0.39, 0.29) is 19.1 Å². The number of carbonyl (C=O) groups is 1. The number of unbranched alkanes of at least 4 members (excludes halogenated alkanes) is 11. The highest BCUT2D eigenvalue weighted by molar-refractivity contribution is 5.75. The first-order valence-corrected chi connectivity index (χ1v) is 12.2. The van der Waals surface area contributed by atoms with Crippen LogP contribution in [-0.2, 0) is 9.53 Å². The molecule has 0 amide bonds. The lowest BCUT2D eigenvalue weighted by Gasteiger charge is -2.17. The van der Waals surface area contributed by atoms with Gasteiger partial charge in [0.2, 0.25) is 0 Å². The van der Waals surface area contributed by atoms with E-state index < -0.39 is 18.1 Å². The summed E-state index contributed by atoms with van der Waals surface area (Å²) in [5.74, 6) is -0.949. The number of rotatable bonds is 23. The summed E-state index contributed by atoms with van der Waals surface area (Å²) in [6.45, 7) is 3.67. The van der Waals surface area contributed by atoms with Gasteiger partial charge in [-0.05, 0) is 19.3 Å². The van der Waals surface area contributed by atoms with Gasteiger partial charge in [-0.15, -0.1) is 0 Å². The van der Waals surface area contributed by atoms with Gasteiger partial charge >= 0.3 is 5.97 Å². The molecule has 0 aliphatic carbocycles. The Kier molecular flexibility index (Phi) is 20.9. The van der Waals surface area contributed by atoms with Crippen LogP contribution in [0.15, 0.2) is 4.99 Å². The van der Waals surface area contributed by atoms with Crippen LogP contribution in [0.5, 0.6) is 0 Å². The summed E-state index contributed by atoms with van der Waals surface area (Å²) in [4.78, 5) is 15.1. The van der Waals surface area contributed by atoms with E-state index in [4.69, 9.17) is 16.2 Å². The van der Waals surface area contributed by atoms with Crippen LogP contribution in [0.25, 0.3) is 0 Å². The van der Waals surface area contributed by atoms with Crippen LogP contribution in [-0.4, -0.2) is 60.6 Å². The maximum absolute atomic E-state index is 11.3. The van der Waals surface area contributed by atoms with Crippen LogP contribution < -0.4 is 16.8 Å². The number of guanidine groups is 1. The van der Waals surface area contributed by atoms with Gasteiger partial charge in [-0.1, -0.05) is 77.6 Å². The van der Waals surface area contributed by atoms with Crippen molar-refractivity contribution in [2.24, 2.45) is 16.5 Å². The number of aliphatic hydroxyl groups is 1. The fourth-order valence-corrected chi connectivity index (χ4v) is 3.42. The molecule has 0 saturated heterocycles. The Morgan fingerprint density at radius 1 is 0.935 bits per heavy atom. The number of aliphatic hydroxyl groups excluding tert-OH is 1. The van der Waals surface area contributed by atoms with E-state index in [0.717, 1.165) is 12.8 Å². The van der Waals surface area contributed by atoms with E-state index in [1.54, 1.807) is 0 Å². The summed E-state index contributed by atoms with van der Waals surface area (Å²) in [5, 5.41) is 22.1. The molecular weight excluding hydrogens is 396 g/mol. The third-order valence-electron chi connectivity index (χ3n) is 5.30. The zero-order valence-electron chi connectivity index (χ0n) is 19.7. The van der Waals surface area contributed by atoms with Crippen LogP contribution in [0.3, 0.4) is 0 Å². The summed E-state index contributed by atoms with van der Waals surface area (Å²) in [6.07, 6.45) is 15.8. The van der Waals surface area contributed by atoms with Gasteiger partial charge < -0.3 is 31.7 Å². The molecule has 8 heteroatoms. The van der Waals surface area contributed by atoms with Crippen molar-refractivity contribution in [3.05, 3.63) is 0 Å². The van der Waals surface area contributed by atoms with Gasteiger partial charge in [0.05, 0.1) is 12.7 Å². The smallest absolute Gasteiger partial charge is 0.320 e. The number of nitrogens with two attached hydrogens (primary N) is 2. The highest BCUT2D eigenvalue weighted by Crippen LogP contribution is 2.12. The number of ether oxygens (including phenoxy) is 1. The predicted molar refractivity (Wildman–Crippen MR) is 127 cm³/mol. The molecule has 2 atom stereocenters. The monoisotopic (exact) mass is 444 g/mol. The summed E-state index contributed by atoms with van der Waals surface area (Å²) in [7, 11) is 0. The van der Waals surface area contributed by atoms with Crippen molar-refractivity contribution in [2.75, 3.05) is 26.3 Å². The number of carboxylic acids is 1. The zero-order valence-corrected chi connectivity index (χ0v) is 19.7. The van der Waals surface area contributed by atoms with Crippen molar-refractivity contribution in [2.45, 2.75) is 109 Å². The SMILES string of the molecule is CCCCCCCCCCCCCCOCC(O)CN[C@@H](CCCN=C(N)N)C(=O)O. The first-order chi connectivity index (χ1) is 15.0. The van der Waals surface area contributed by atoms with Crippen LogP contribution in [0.2, 0.25) is 0 Å². The van der Waals surface area contributed by atoms with E-state index in [0.29, 0.717) is 26.0 Å². The van der Waals surface area contributed by atoms with Crippen LogP contribution in [0.4, 0.5) is 0 Å². The Balaban J connectivity index is 3.52.